The highest BCUT2D eigenvalue weighted by Gasteiger charge is 2.12. The first-order valence-corrected chi connectivity index (χ1v) is 8.26. The fourth-order valence-corrected chi connectivity index (χ4v) is 2.81. The standard InChI is InChI=1S/C18H21BrN2O3/c1-21(11-13-10-14(19)8-9-16(13)23-2)12-18(22)20-15-6-4-5-7-17(15)24-3/h4-10H,11-12H2,1-3H3,(H,20,22). The number of methoxy groups -OCH3 is 2. The Morgan fingerprint density at radius 2 is 1.83 bits per heavy atom. The van der Waals surface area contributed by atoms with Crippen LogP contribution < -0.4 is 14.8 Å². The average molecular weight is 393 g/mol. The molecule has 5 nitrogen and oxygen atoms in total. The van der Waals surface area contributed by atoms with Gasteiger partial charge in [0.25, 0.3) is 0 Å². The molecule has 1 N–H and O–H groups in total. The highest BCUT2D eigenvalue weighted by Crippen LogP contribution is 2.25. The monoisotopic (exact) mass is 392 g/mol. The molecule has 0 aliphatic carbocycles. The summed E-state index contributed by atoms with van der Waals surface area (Å²) in [6.07, 6.45) is 0. The number of anilines is 1. The molecule has 0 fully saturated rings. The molecule has 0 spiro atoms. The van der Waals surface area contributed by atoms with Crippen LogP contribution in [0, 0.1) is 0 Å². The molecule has 0 radical (unpaired) electrons. The van der Waals surface area contributed by atoms with Gasteiger partial charge in [-0.25, -0.2) is 0 Å². The third-order valence-electron chi connectivity index (χ3n) is 3.48. The summed E-state index contributed by atoms with van der Waals surface area (Å²) in [4.78, 5) is 14.2. The zero-order valence-corrected chi connectivity index (χ0v) is 15.6. The van der Waals surface area contributed by atoms with Gasteiger partial charge in [-0.1, -0.05) is 28.1 Å². The van der Waals surface area contributed by atoms with Gasteiger partial charge in [0, 0.05) is 16.6 Å². The van der Waals surface area contributed by atoms with E-state index in [2.05, 4.69) is 21.2 Å². The van der Waals surface area contributed by atoms with Crippen LogP contribution in [0.2, 0.25) is 0 Å². The van der Waals surface area contributed by atoms with E-state index < -0.39 is 0 Å². The van der Waals surface area contributed by atoms with Crippen molar-refractivity contribution in [2.45, 2.75) is 6.54 Å². The summed E-state index contributed by atoms with van der Waals surface area (Å²) >= 11 is 3.46. The van der Waals surface area contributed by atoms with Crippen LogP contribution in [0.5, 0.6) is 11.5 Å². The van der Waals surface area contributed by atoms with Gasteiger partial charge < -0.3 is 14.8 Å². The van der Waals surface area contributed by atoms with Crippen molar-refractivity contribution in [3.05, 3.63) is 52.5 Å². The van der Waals surface area contributed by atoms with Gasteiger partial charge in [0.2, 0.25) is 5.91 Å². The van der Waals surface area contributed by atoms with Crippen LogP contribution in [-0.4, -0.2) is 38.6 Å². The van der Waals surface area contributed by atoms with Crippen molar-refractivity contribution in [3.8, 4) is 11.5 Å². The quantitative estimate of drug-likeness (QED) is 0.782. The summed E-state index contributed by atoms with van der Waals surface area (Å²) in [6, 6.07) is 13.2. The number of amides is 1. The number of hydrogen-bond donors (Lipinski definition) is 1. The number of benzene rings is 2. The molecule has 24 heavy (non-hydrogen) atoms. The van der Waals surface area contributed by atoms with Gasteiger partial charge in [0.15, 0.2) is 0 Å². The van der Waals surface area contributed by atoms with Crippen molar-refractivity contribution in [2.75, 3.05) is 33.1 Å². The number of nitrogens with zero attached hydrogens (tertiary/aromatic N) is 1. The van der Waals surface area contributed by atoms with Gasteiger partial charge in [0.1, 0.15) is 11.5 Å². The normalized spacial score (nSPS) is 10.5. The molecule has 2 rings (SSSR count). The minimum Gasteiger partial charge on any atom is -0.496 e. The maximum absolute atomic E-state index is 12.3. The average Bonchev–Trinajstić information content (AvgIpc) is 2.55. The van der Waals surface area contributed by atoms with Crippen LogP contribution in [-0.2, 0) is 11.3 Å². The Morgan fingerprint density at radius 1 is 1.12 bits per heavy atom. The van der Waals surface area contributed by atoms with E-state index in [-0.39, 0.29) is 12.5 Å². The molecule has 0 aliphatic heterocycles. The molecule has 0 atom stereocenters. The van der Waals surface area contributed by atoms with Gasteiger partial charge in [0.05, 0.1) is 26.5 Å². The van der Waals surface area contributed by atoms with Crippen LogP contribution in [0.25, 0.3) is 0 Å². The predicted octanol–water partition coefficient (Wildman–Crippen LogP) is 3.54. The number of hydrogen-bond acceptors (Lipinski definition) is 4. The van der Waals surface area contributed by atoms with Crippen molar-refractivity contribution in [2.24, 2.45) is 0 Å². The molecule has 2 aromatic rings. The molecule has 0 aromatic heterocycles. The Labute approximate surface area is 150 Å². The van der Waals surface area contributed by atoms with Crippen molar-refractivity contribution >= 4 is 27.5 Å². The Kier molecular flexibility index (Phi) is 6.63. The smallest absolute Gasteiger partial charge is 0.238 e. The molecule has 0 unspecified atom stereocenters. The molecule has 6 heteroatoms. The molecule has 0 bridgehead atoms. The maximum atomic E-state index is 12.3. The van der Waals surface area contributed by atoms with Crippen LogP contribution in [0.15, 0.2) is 46.9 Å². The number of ether oxygens (including phenoxy) is 2. The molecular weight excluding hydrogens is 372 g/mol. The summed E-state index contributed by atoms with van der Waals surface area (Å²) in [6.45, 7) is 0.857. The Hall–Kier alpha value is -2.05. The molecule has 1 amide bonds. The zero-order valence-electron chi connectivity index (χ0n) is 14.0. The van der Waals surface area contributed by atoms with E-state index in [4.69, 9.17) is 9.47 Å². The van der Waals surface area contributed by atoms with Crippen LogP contribution in [0.1, 0.15) is 5.56 Å². The number of nitrogens with one attached hydrogen (secondary N) is 1. The highest BCUT2D eigenvalue weighted by molar-refractivity contribution is 9.10. The van der Waals surface area contributed by atoms with E-state index in [1.54, 1.807) is 14.2 Å². The minimum absolute atomic E-state index is 0.101. The highest BCUT2D eigenvalue weighted by atomic mass is 79.9. The minimum atomic E-state index is -0.101. The van der Waals surface area contributed by atoms with Crippen LogP contribution in [0.4, 0.5) is 5.69 Å². The Bertz CT molecular complexity index is 706. The van der Waals surface area contributed by atoms with E-state index in [1.165, 1.54) is 0 Å². The Balaban J connectivity index is 1.98. The van der Waals surface area contributed by atoms with E-state index in [9.17, 15) is 4.79 Å². The molecular formula is C18H21BrN2O3. The molecule has 128 valence electrons. The van der Waals surface area contributed by atoms with Gasteiger partial charge in [-0.3, -0.25) is 9.69 Å². The summed E-state index contributed by atoms with van der Waals surface area (Å²) < 4.78 is 11.6. The lowest BCUT2D eigenvalue weighted by atomic mass is 10.2. The fourth-order valence-electron chi connectivity index (χ4n) is 2.40. The van der Waals surface area contributed by atoms with Gasteiger partial charge in [-0.15, -0.1) is 0 Å². The third kappa shape index (κ3) is 4.97. The van der Waals surface area contributed by atoms with Crippen LogP contribution >= 0.6 is 15.9 Å². The lowest BCUT2D eigenvalue weighted by Gasteiger charge is -2.18. The summed E-state index contributed by atoms with van der Waals surface area (Å²) in [7, 11) is 5.11. The predicted molar refractivity (Wildman–Crippen MR) is 98.7 cm³/mol. The first-order valence-electron chi connectivity index (χ1n) is 7.47. The van der Waals surface area contributed by atoms with E-state index >= 15 is 0 Å². The number of carbonyl (C=O) groups excluding carboxylic acids is 1. The van der Waals surface area contributed by atoms with Gasteiger partial charge in [-0.05, 0) is 37.4 Å². The molecule has 0 aliphatic rings. The number of likely N-dealkylation sites (N-methyl/N-ethyl adjacent to an activating group) is 1. The second kappa shape index (κ2) is 8.70. The lowest BCUT2D eigenvalue weighted by Crippen LogP contribution is -2.30. The third-order valence-corrected chi connectivity index (χ3v) is 3.97. The first kappa shape index (κ1) is 18.3. The summed E-state index contributed by atoms with van der Waals surface area (Å²) in [5.74, 6) is 1.34. The fraction of sp³-hybridized carbons (Fsp3) is 0.278. The summed E-state index contributed by atoms with van der Waals surface area (Å²) in [5.41, 5.74) is 1.68. The van der Waals surface area contributed by atoms with Crippen molar-refractivity contribution < 1.29 is 14.3 Å². The SMILES string of the molecule is COc1ccc(Br)cc1CN(C)CC(=O)Nc1ccccc1OC. The van der Waals surface area contributed by atoms with E-state index in [0.717, 1.165) is 15.8 Å². The van der Waals surface area contributed by atoms with Gasteiger partial charge in [-0.2, -0.15) is 0 Å². The lowest BCUT2D eigenvalue weighted by molar-refractivity contribution is -0.117. The molecule has 0 saturated heterocycles. The second-order valence-electron chi connectivity index (χ2n) is 5.38. The molecule has 0 heterocycles. The largest absolute Gasteiger partial charge is 0.496 e. The Morgan fingerprint density at radius 3 is 2.54 bits per heavy atom. The number of rotatable bonds is 7. The van der Waals surface area contributed by atoms with Gasteiger partial charge >= 0.3 is 0 Å². The number of carbonyl (C=O) groups is 1. The summed E-state index contributed by atoms with van der Waals surface area (Å²) in [5, 5.41) is 2.87. The molecule has 0 saturated carbocycles. The van der Waals surface area contributed by atoms with Crippen LogP contribution in [0.3, 0.4) is 0 Å². The number of halogens is 1. The number of para-hydroxylation sites is 2. The first-order chi connectivity index (χ1) is 11.5. The van der Waals surface area contributed by atoms with Crippen molar-refractivity contribution in [1.29, 1.82) is 0 Å². The maximum Gasteiger partial charge on any atom is 0.238 e. The van der Waals surface area contributed by atoms with E-state index in [0.29, 0.717) is 18.0 Å². The topological polar surface area (TPSA) is 50.8 Å². The van der Waals surface area contributed by atoms with Crippen molar-refractivity contribution in [3.63, 3.8) is 0 Å². The van der Waals surface area contributed by atoms with Crippen molar-refractivity contribution in [1.82, 2.24) is 4.90 Å². The van der Waals surface area contributed by atoms with E-state index in [1.807, 2.05) is 54.4 Å². The zero-order chi connectivity index (χ0) is 17.5. The molecule has 2 aromatic carbocycles. The second-order valence-corrected chi connectivity index (χ2v) is 6.29.